The number of ether oxygens (including phenoxy) is 1. The van der Waals surface area contributed by atoms with Crippen LogP contribution in [0.2, 0.25) is 0 Å². The van der Waals surface area contributed by atoms with Crippen molar-refractivity contribution in [2.75, 3.05) is 7.11 Å². The second-order valence-corrected chi connectivity index (χ2v) is 4.55. The Labute approximate surface area is 112 Å². The molecule has 2 rings (SSSR count). The van der Waals surface area contributed by atoms with E-state index in [9.17, 15) is 9.90 Å². The van der Waals surface area contributed by atoms with E-state index in [0.717, 1.165) is 22.3 Å². The van der Waals surface area contributed by atoms with Gasteiger partial charge in [0.05, 0.1) is 7.11 Å². The SMILES string of the molecule is COc1c(C)cc(-c2cccc(C)c2)cc1C(=O)O. The van der Waals surface area contributed by atoms with E-state index in [1.54, 1.807) is 6.07 Å². The molecule has 0 aliphatic rings. The Morgan fingerprint density at radius 1 is 1.11 bits per heavy atom. The van der Waals surface area contributed by atoms with Crippen LogP contribution < -0.4 is 4.74 Å². The Morgan fingerprint density at radius 3 is 2.42 bits per heavy atom. The lowest BCUT2D eigenvalue weighted by Gasteiger charge is -2.12. The molecule has 0 aliphatic carbocycles. The fraction of sp³-hybridized carbons (Fsp3) is 0.188. The van der Waals surface area contributed by atoms with Crippen LogP contribution in [0.5, 0.6) is 5.75 Å². The van der Waals surface area contributed by atoms with Crippen LogP contribution in [0, 0.1) is 13.8 Å². The molecule has 0 saturated heterocycles. The molecule has 3 nitrogen and oxygen atoms in total. The van der Waals surface area contributed by atoms with Gasteiger partial charge in [0.25, 0.3) is 0 Å². The number of methoxy groups -OCH3 is 1. The Hall–Kier alpha value is -2.29. The monoisotopic (exact) mass is 256 g/mol. The molecule has 0 aliphatic heterocycles. The zero-order valence-corrected chi connectivity index (χ0v) is 11.2. The van der Waals surface area contributed by atoms with Gasteiger partial charge < -0.3 is 9.84 Å². The van der Waals surface area contributed by atoms with Gasteiger partial charge in [-0.25, -0.2) is 4.79 Å². The summed E-state index contributed by atoms with van der Waals surface area (Å²) in [6, 6.07) is 11.6. The van der Waals surface area contributed by atoms with Gasteiger partial charge in [-0.1, -0.05) is 29.8 Å². The van der Waals surface area contributed by atoms with E-state index in [1.165, 1.54) is 7.11 Å². The van der Waals surface area contributed by atoms with Gasteiger partial charge in [0.15, 0.2) is 0 Å². The zero-order chi connectivity index (χ0) is 14.0. The van der Waals surface area contributed by atoms with Crippen LogP contribution >= 0.6 is 0 Å². The minimum Gasteiger partial charge on any atom is -0.496 e. The number of hydrogen-bond donors (Lipinski definition) is 1. The summed E-state index contributed by atoms with van der Waals surface area (Å²) in [4.78, 5) is 11.3. The van der Waals surface area contributed by atoms with E-state index < -0.39 is 5.97 Å². The third-order valence-electron chi connectivity index (χ3n) is 3.06. The topological polar surface area (TPSA) is 46.5 Å². The number of aromatic carboxylic acids is 1. The molecule has 0 atom stereocenters. The van der Waals surface area contributed by atoms with Crippen molar-refractivity contribution in [3.05, 3.63) is 53.1 Å². The first kappa shape index (κ1) is 13.1. The molecule has 2 aromatic carbocycles. The normalized spacial score (nSPS) is 10.3. The Kier molecular flexibility index (Phi) is 3.56. The maximum Gasteiger partial charge on any atom is 0.339 e. The smallest absolute Gasteiger partial charge is 0.339 e. The van der Waals surface area contributed by atoms with Crippen molar-refractivity contribution in [2.24, 2.45) is 0 Å². The molecule has 98 valence electrons. The van der Waals surface area contributed by atoms with Gasteiger partial charge in [-0.05, 0) is 42.7 Å². The Morgan fingerprint density at radius 2 is 1.84 bits per heavy atom. The highest BCUT2D eigenvalue weighted by atomic mass is 16.5. The average molecular weight is 256 g/mol. The van der Waals surface area contributed by atoms with Crippen molar-refractivity contribution in [3.63, 3.8) is 0 Å². The summed E-state index contributed by atoms with van der Waals surface area (Å²) in [6.45, 7) is 3.86. The molecule has 1 N–H and O–H groups in total. The summed E-state index contributed by atoms with van der Waals surface area (Å²) in [5.41, 5.74) is 4.05. The molecule has 0 spiro atoms. The molecule has 0 amide bonds. The number of carbonyl (C=O) groups is 1. The minimum absolute atomic E-state index is 0.194. The van der Waals surface area contributed by atoms with E-state index >= 15 is 0 Å². The molecule has 0 radical (unpaired) electrons. The van der Waals surface area contributed by atoms with Crippen molar-refractivity contribution < 1.29 is 14.6 Å². The summed E-state index contributed by atoms with van der Waals surface area (Å²) in [5.74, 6) is -0.557. The van der Waals surface area contributed by atoms with Crippen molar-refractivity contribution >= 4 is 5.97 Å². The van der Waals surface area contributed by atoms with Crippen LogP contribution in [0.4, 0.5) is 0 Å². The highest BCUT2D eigenvalue weighted by molar-refractivity contribution is 5.93. The maximum atomic E-state index is 11.3. The van der Waals surface area contributed by atoms with Crippen LogP contribution in [-0.2, 0) is 0 Å². The predicted octanol–water partition coefficient (Wildman–Crippen LogP) is 3.68. The predicted molar refractivity (Wildman–Crippen MR) is 74.9 cm³/mol. The fourth-order valence-corrected chi connectivity index (χ4v) is 2.20. The van der Waals surface area contributed by atoms with Crippen LogP contribution in [-0.4, -0.2) is 18.2 Å². The number of aryl methyl sites for hydroxylation is 2. The number of rotatable bonds is 3. The van der Waals surface area contributed by atoms with Crippen molar-refractivity contribution in [1.82, 2.24) is 0 Å². The van der Waals surface area contributed by atoms with E-state index in [-0.39, 0.29) is 5.56 Å². The highest BCUT2D eigenvalue weighted by Gasteiger charge is 2.15. The number of carboxylic acids is 1. The molecule has 2 aromatic rings. The molecule has 0 bridgehead atoms. The second kappa shape index (κ2) is 5.14. The van der Waals surface area contributed by atoms with Gasteiger partial charge in [-0.15, -0.1) is 0 Å². The van der Waals surface area contributed by atoms with E-state index in [0.29, 0.717) is 5.75 Å². The number of benzene rings is 2. The van der Waals surface area contributed by atoms with Crippen molar-refractivity contribution in [3.8, 4) is 16.9 Å². The molecule has 0 saturated carbocycles. The molecule has 19 heavy (non-hydrogen) atoms. The largest absolute Gasteiger partial charge is 0.496 e. The van der Waals surface area contributed by atoms with Crippen LogP contribution in [0.15, 0.2) is 36.4 Å². The number of carboxylic acid groups (broad SMARTS) is 1. The van der Waals surface area contributed by atoms with Crippen LogP contribution in [0.1, 0.15) is 21.5 Å². The van der Waals surface area contributed by atoms with Gasteiger partial charge in [-0.3, -0.25) is 0 Å². The first-order valence-electron chi connectivity index (χ1n) is 6.02. The summed E-state index contributed by atoms with van der Waals surface area (Å²) >= 11 is 0. The third-order valence-corrected chi connectivity index (χ3v) is 3.06. The lowest BCUT2D eigenvalue weighted by atomic mass is 9.98. The lowest BCUT2D eigenvalue weighted by molar-refractivity contribution is 0.0693. The molecule has 0 unspecified atom stereocenters. The van der Waals surface area contributed by atoms with Crippen molar-refractivity contribution in [2.45, 2.75) is 13.8 Å². The summed E-state index contributed by atoms with van der Waals surface area (Å²) in [7, 11) is 1.49. The lowest BCUT2D eigenvalue weighted by Crippen LogP contribution is -2.02. The van der Waals surface area contributed by atoms with Crippen LogP contribution in [0.25, 0.3) is 11.1 Å². The van der Waals surface area contributed by atoms with Gasteiger partial charge in [0.2, 0.25) is 0 Å². The minimum atomic E-state index is -0.977. The summed E-state index contributed by atoms with van der Waals surface area (Å²) < 4.78 is 5.17. The standard InChI is InChI=1S/C16H16O3/c1-10-5-4-6-12(7-10)13-8-11(2)15(19-3)14(9-13)16(17)18/h4-9H,1-3H3,(H,17,18). The van der Waals surface area contributed by atoms with E-state index in [4.69, 9.17) is 4.74 Å². The molecular formula is C16H16O3. The van der Waals surface area contributed by atoms with Crippen molar-refractivity contribution in [1.29, 1.82) is 0 Å². The Balaban J connectivity index is 2.63. The summed E-state index contributed by atoms with van der Waals surface area (Å²) in [6.07, 6.45) is 0. The third kappa shape index (κ3) is 2.60. The van der Waals surface area contributed by atoms with Gasteiger partial charge >= 0.3 is 5.97 Å². The molecule has 3 heteroatoms. The maximum absolute atomic E-state index is 11.3. The average Bonchev–Trinajstić information content (AvgIpc) is 2.37. The molecule has 0 heterocycles. The Bertz CT molecular complexity index is 630. The molecule has 0 aromatic heterocycles. The fourth-order valence-electron chi connectivity index (χ4n) is 2.20. The summed E-state index contributed by atoms with van der Waals surface area (Å²) in [5, 5.41) is 9.27. The van der Waals surface area contributed by atoms with Crippen LogP contribution in [0.3, 0.4) is 0 Å². The quantitative estimate of drug-likeness (QED) is 0.911. The number of hydrogen-bond acceptors (Lipinski definition) is 2. The molecule has 0 fully saturated rings. The van der Waals surface area contributed by atoms with Gasteiger partial charge in [0, 0.05) is 0 Å². The van der Waals surface area contributed by atoms with Gasteiger partial charge in [0.1, 0.15) is 11.3 Å². The van der Waals surface area contributed by atoms with E-state index in [2.05, 4.69) is 0 Å². The van der Waals surface area contributed by atoms with Gasteiger partial charge in [-0.2, -0.15) is 0 Å². The first-order valence-corrected chi connectivity index (χ1v) is 6.02. The molecular weight excluding hydrogens is 240 g/mol. The zero-order valence-electron chi connectivity index (χ0n) is 11.2. The second-order valence-electron chi connectivity index (χ2n) is 4.55. The highest BCUT2D eigenvalue weighted by Crippen LogP contribution is 2.30. The van der Waals surface area contributed by atoms with E-state index in [1.807, 2.05) is 44.2 Å². The first-order chi connectivity index (χ1) is 9.02.